The van der Waals surface area contributed by atoms with Gasteiger partial charge in [0.2, 0.25) is 0 Å². The summed E-state index contributed by atoms with van der Waals surface area (Å²) in [6.07, 6.45) is 24.7. The summed E-state index contributed by atoms with van der Waals surface area (Å²) in [4.78, 5) is 113. The molecular formula is C109H105F8N19O7. The summed E-state index contributed by atoms with van der Waals surface area (Å²) in [6.45, 7) is 17.4. The third kappa shape index (κ3) is 23.7. The Morgan fingerprint density at radius 1 is 0.406 bits per heavy atom. The Balaban J connectivity index is 0.000000137. The van der Waals surface area contributed by atoms with E-state index in [0.29, 0.717) is 121 Å². The number of carbonyl (C=O) groups is 4. The smallest absolute Gasteiger partial charge is 0.345 e. The number of hydrogen-bond donors (Lipinski definition) is 5. The average Bonchev–Trinajstić information content (AvgIpc) is 1.61. The fraction of sp³-hybridized carbons (Fsp3) is 0.275. The number of hydrogen-bond acceptors (Lipinski definition) is 17. The number of halogens is 8. The van der Waals surface area contributed by atoms with Crippen LogP contribution in [0.2, 0.25) is 0 Å². The van der Waals surface area contributed by atoms with Gasteiger partial charge in [-0.2, -0.15) is 9.97 Å². The molecule has 17 aromatic rings. The molecule has 2 fully saturated rings. The van der Waals surface area contributed by atoms with Gasteiger partial charge in [-0.05, 0) is 230 Å². The fourth-order valence-corrected chi connectivity index (χ4v) is 18.2. The normalized spacial score (nSPS) is 12.7. The molecule has 2 aliphatic rings. The van der Waals surface area contributed by atoms with Gasteiger partial charge in [-0.15, -0.1) is 0 Å². The maximum atomic E-state index is 13.7. The lowest BCUT2D eigenvalue weighted by Gasteiger charge is -2.15. The topological polar surface area (TPSA) is 316 Å². The largest absolute Gasteiger partial charge is 0.489 e. The molecule has 0 spiro atoms. The first-order chi connectivity index (χ1) is 69.1. The molecule has 13 heterocycles. The highest BCUT2D eigenvalue weighted by atomic mass is 19.2. The number of benzene rings is 4. The van der Waals surface area contributed by atoms with Crippen molar-refractivity contribution in [2.24, 2.45) is 0 Å². The van der Waals surface area contributed by atoms with Gasteiger partial charge >= 0.3 is 11.7 Å². The molecule has 13 aromatic heterocycles. The van der Waals surface area contributed by atoms with E-state index in [1.165, 1.54) is 43.3 Å². The second-order valence-electron chi connectivity index (χ2n) is 36.2. The number of pyridine rings is 6. The molecule has 26 nitrogen and oxygen atoms in total. The standard InChI is InChI=1S/C30H31F2N3O2.C28H24F2N6O.C28H29F2N5O2.C23H21F2N5O2/c1-19(2)28-24(16-21-7-5-6-14-33-21)27-13-11-23(37-22-8-3-4-9-22)18-35(27)29(28)30(36)34-17-20-10-12-25(31)26(32)15-20;1-17(2)25-24(28(37)34-14-18-9-10-21(29)22(30)13-18)20-15-33-26(23-8-4-6-12-32-23)35-27(20)36(25)16-19-7-3-5-11-31-19;1-17(2)26-24(27(36)32-14-18-10-11-21(29)22(30)13-18)25-23(35(26)16-19-7-5-6-12-31-19)15-33-28(34-25)37-20-8-3-4-9-20;1-13(2)21-19(22(31)27-10-14-6-7-16(24)17(25)9-14)20-18(11-28-23(32)29-20)30(21)12-15-5-3-4-8-26-15/h5-7,10-15,18-19,22H,3-4,8-9,16-17H2,1-2H3,(H,34,36);3-13,15,17H,14,16H2,1-2H3,(H,34,37);5-7,10-13,15,17,20H,3-4,8-9,14,16H2,1-2H3,(H,32,36);3-9,11,13H,10,12H2,1-2H3,(H,27,31)(H,28,29,32). The van der Waals surface area contributed by atoms with Gasteiger partial charge in [0.1, 0.15) is 34.4 Å². The van der Waals surface area contributed by atoms with Crippen LogP contribution in [0.15, 0.2) is 236 Å². The number of carbonyl (C=O) groups excluding carboxylic acids is 4. The number of aromatic amines is 1. The minimum atomic E-state index is -0.984. The first-order valence-corrected chi connectivity index (χ1v) is 47.4. The monoisotopic (exact) mass is 1940 g/mol. The van der Waals surface area contributed by atoms with Gasteiger partial charge < -0.3 is 53.8 Å². The molecule has 0 radical (unpaired) electrons. The van der Waals surface area contributed by atoms with Crippen molar-refractivity contribution in [1.82, 2.24) is 94.2 Å². The highest BCUT2D eigenvalue weighted by Gasteiger charge is 2.34. The van der Waals surface area contributed by atoms with E-state index in [4.69, 9.17) is 19.4 Å². The van der Waals surface area contributed by atoms with Crippen LogP contribution >= 0.6 is 0 Å². The Hall–Kier alpha value is -16.0. The number of aromatic nitrogens is 15. The number of ether oxygens (including phenoxy) is 2. The van der Waals surface area contributed by atoms with Crippen LogP contribution in [0.25, 0.3) is 50.1 Å². The summed E-state index contributed by atoms with van der Waals surface area (Å²) in [5, 5.41) is 12.0. The second-order valence-corrected chi connectivity index (χ2v) is 36.2. The van der Waals surface area contributed by atoms with Crippen molar-refractivity contribution in [1.29, 1.82) is 0 Å². The van der Waals surface area contributed by atoms with Crippen molar-refractivity contribution in [2.45, 2.75) is 195 Å². The van der Waals surface area contributed by atoms with Crippen molar-refractivity contribution in [3.63, 3.8) is 0 Å². The molecule has 734 valence electrons. The minimum Gasteiger partial charge on any atom is -0.489 e. The van der Waals surface area contributed by atoms with Gasteiger partial charge in [0.15, 0.2) is 52.4 Å². The molecule has 34 heteroatoms. The van der Waals surface area contributed by atoms with Crippen molar-refractivity contribution < 1.29 is 63.8 Å². The first-order valence-electron chi connectivity index (χ1n) is 47.4. The van der Waals surface area contributed by atoms with E-state index < -0.39 is 58.1 Å². The molecule has 4 amide bonds. The highest BCUT2D eigenvalue weighted by Crippen LogP contribution is 2.39. The fourth-order valence-electron chi connectivity index (χ4n) is 18.2. The lowest BCUT2D eigenvalue weighted by Crippen LogP contribution is -2.25. The molecule has 0 unspecified atom stereocenters. The number of fused-ring (bicyclic) bond motifs is 4. The SMILES string of the molecule is CC(C)c1c(C(=O)NCc2ccc(F)c(F)c2)c2[nH]c(=O)ncc2n1Cc1ccccn1.CC(C)c1c(C(=O)NCc2ccc(F)c(F)c2)c2cnc(-c3ccccn3)nc2n1Cc1ccccn1.CC(C)c1c(C(=O)NCc2ccc(F)c(F)c2)c2nc(OC3CCCC3)ncc2n1Cc1ccccn1.CC(C)c1c(Cc2ccccn2)c2ccc(OC3CCCC3)cn2c1C(=O)NCc1ccc(F)c(F)c1. The molecule has 5 N–H and O–H groups in total. The van der Waals surface area contributed by atoms with Gasteiger partial charge in [-0.1, -0.05) is 110 Å². The Labute approximate surface area is 818 Å². The van der Waals surface area contributed by atoms with E-state index in [0.717, 1.165) is 144 Å². The lowest BCUT2D eigenvalue weighted by molar-refractivity contribution is 0.0937. The summed E-state index contributed by atoms with van der Waals surface area (Å²) < 4.78 is 128. The summed E-state index contributed by atoms with van der Waals surface area (Å²) >= 11 is 0. The van der Waals surface area contributed by atoms with Crippen LogP contribution in [0, 0.1) is 46.5 Å². The predicted octanol–water partition coefficient (Wildman–Crippen LogP) is 20.9. The summed E-state index contributed by atoms with van der Waals surface area (Å²) in [5.41, 5.74) is 14.8. The van der Waals surface area contributed by atoms with E-state index in [-0.39, 0.29) is 85.8 Å². The number of nitrogens with one attached hydrogen (secondary N) is 5. The van der Waals surface area contributed by atoms with Crippen LogP contribution in [-0.4, -0.2) is 109 Å². The van der Waals surface area contributed by atoms with Gasteiger partial charge in [0, 0.05) is 98.1 Å². The number of rotatable bonds is 29. The van der Waals surface area contributed by atoms with Crippen LogP contribution < -0.4 is 36.4 Å². The van der Waals surface area contributed by atoms with E-state index in [1.54, 1.807) is 43.4 Å². The van der Waals surface area contributed by atoms with Crippen LogP contribution in [0.3, 0.4) is 0 Å². The molecule has 0 atom stereocenters. The summed E-state index contributed by atoms with van der Waals surface area (Å²) in [5.74, 6) is -7.92. The molecular weight excluding hydrogens is 1840 g/mol. The van der Waals surface area contributed by atoms with Crippen molar-refractivity contribution >= 4 is 62.2 Å². The Bertz CT molecular complexity index is 7290. The third-order valence-electron chi connectivity index (χ3n) is 24.8. The van der Waals surface area contributed by atoms with Crippen LogP contribution in [-0.2, 0) is 52.2 Å². The van der Waals surface area contributed by atoms with Crippen LogP contribution in [0.4, 0.5) is 35.1 Å². The van der Waals surface area contributed by atoms with Crippen molar-refractivity contribution in [3.8, 4) is 23.3 Å². The Morgan fingerprint density at radius 3 is 1.29 bits per heavy atom. The van der Waals surface area contributed by atoms with Crippen molar-refractivity contribution in [3.05, 3.63) is 384 Å². The van der Waals surface area contributed by atoms with Crippen LogP contribution in [0.1, 0.15) is 245 Å². The maximum absolute atomic E-state index is 13.7. The average molecular weight is 1950 g/mol. The first kappa shape index (κ1) is 100.0. The second kappa shape index (κ2) is 45.5. The van der Waals surface area contributed by atoms with Gasteiger partial charge in [0.25, 0.3) is 23.6 Å². The molecule has 2 aliphatic carbocycles. The van der Waals surface area contributed by atoms with E-state index >= 15 is 0 Å². The number of H-pyrrole nitrogens is 1. The Morgan fingerprint density at radius 2 is 0.832 bits per heavy atom. The summed E-state index contributed by atoms with van der Waals surface area (Å²) in [7, 11) is 0. The van der Waals surface area contributed by atoms with Crippen molar-refractivity contribution in [2.75, 3.05) is 0 Å². The quantitative estimate of drug-likeness (QED) is 0.0272. The molecule has 2 saturated carbocycles. The van der Waals surface area contributed by atoms with E-state index in [2.05, 4.69) is 80.0 Å². The van der Waals surface area contributed by atoms with Gasteiger partial charge in [-0.25, -0.2) is 54.9 Å². The predicted molar refractivity (Wildman–Crippen MR) is 525 cm³/mol. The zero-order chi connectivity index (χ0) is 101. The van der Waals surface area contributed by atoms with E-state index in [1.807, 2.05) is 169 Å². The van der Waals surface area contributed by atoms with Gasteiger partial charge in [-0.3, -0.25) is 44.1 Å². The molecule has 0 bridgehead atoms. The molecule has 0 saturated heterocycles. The van der Waals surface area contributed by atoms with E-state index in [9.17, 15) is 59.1 Å². The number of nitrogens with zero attached hydrogens (tertiary/aromatic N) is 14. The highest BCUT2D eigenvalue weighted by molar-refractivity contribution is 6.09. The lowest BCUT2D eigenvalue weighted by atomic mass is 9.94. The zero-order valence-electron chi connectivity index (χ0n) is 79.9. The number of amides is 4. The zero-order valence-corrected chi connectivity index (χ0v) is 79.9. The van der Waals surface area contributed by atoms with Crippen LogP contribution in [0.5, 0.6) is 11.8 Å². The maximum Gasteiger partial charge on any atom is 0.345 e. The molecule has 19 rings (SSSR count). The van der Waals surface area contributed by atoms with Gasteiger partial charge in [0.05, 0.1) is 100 Å². The molecule has 143 heavy (non-hydrogen) atoms. The minimum absolute atomic E-state index is 0.00417. The molecule has 0 aliphatic heterocycles. The Kier molecular flexibility index (Phi) is 31.8. The molecule has 4 aromatic carbocycles. The third-order valence-corrected chi connectivity index (χ3v) is 24.8. The summed E-state index contributed by atoms with van der Waals surface area (Å²) in [6, 6.07) is 46.7.